The van der Waals surface area contributed by atoms with Crippen LogP contribution in [0.5, 0.6) is 0 Å². The van der Waals surface area contributed by atoms with Gasteiger partial charge in [0.25, 0.3) is 5.91 Å². The molecule has 0 aliphatic rings. The first-order valence-corrected chi connectivity index (χ1v) is 8.15. The molecule has 0 unspecified atom stereocenters. The number of anilines is 2. The summed E-state index contributed by atoms with van der Waals surface area (Å²) in [5.74, 6) is -1.14. The van der Waals surface area contributed by atoms with Crippen molar-refractivity contribution in [3.63, 3.8) is 0 Å². The molecule has 0 aliphatic carbocycles. The van der Waals surface area contributed by atoms with E-state index in [0.717, 1.165) is 17.6 Å². The highest BCUT2D eigenvalue weighted by atomic mass is 32.2. The number of Topliss-reactive ketones (excluding diaryl/α,β-unsaturated/α-hetero) is 1. The molecule has 1 aromatic heterocycles. The van der Waals surface area contributed by atoms with Gasteiger partial charge in [-0.05, 0) is 0 Å². The molecule has 0 spiro atoms. The van der Waals surface area contributed by atoms with Gasteiger partial charge in [-0.2, -0.15) is 0 Å². The normalized spacial score (nSPS) is 11.3. The molecule has 0 saturated heterocycles. The molecule has 0 aromatic carbocycles. The van der Waals surface area contributed by atoms with Crippen molar-refractivity contribution in [3.05, 3.63) is 10.4 Å². The van der Waals surface area contributed by atoms with E-state index >= 15 is 0 Å². The minimum atomic E-state index is -3.12. The molecule has 1 rings (SSSR count). The Morgan fingerprint density at radius 1 is 1.37 bits per heavy atom. The fraction of sp³-hybridized carbons (Fsp3) is 0.400. The molecule has 0 aliphatic heterocycles. The van der Waals surface area contributed by atoms with Gasteiger partial charge in [-0.1, -0.05) is 0 Å². The second-order valence-corrected chi connectivity index (χ2v) is 7.31. The maximum Gasteiger partial charge on any atom is 0.253 e. The third-order valence-electron chi connectivity index (χ3n) is 2.27. The lowest BCUT2D eigenvalue weighted by Crippen LogP contribution is -2.18. The number of rotatable bonds is 6. The number of carbonyl (C=O) groups excluding carboxylic acids is 2. The number of amides is 1. The van der Waals surface area contributed by atoms with Crippen molar-refractivity contribution < 1.29 is 18.0 Å². The number of hydrogen-bond acceptors (Lipinski definition) is 7. The summed E-state index contributed by atoms with van der Waals surface area (Å²) in [5, 5.41) is 3.09. The summed E-state index contributed by atoms with van der Waals surface area (Å²) in [6, 6.07) is 0. The van der Waals surface area contributed by atoms with Gasteiger partial charge >= 0.3 is 0 Å². The Morgan fingerprint density at radius 2 is 1.95 bits per heavy atom. The minimum Gasteiger partial charge on any atom is -0.397 e. The van der Waals surface area contributed by atoms with Crippen LogP contribution in [0, 0.1) is 0 Å². The Bertz CT molecular complexity index is 619. The Hall–Kier alpha value is -1.61. The van der Waals surface area contributed by atoms with E-state index in [4.69, 9.17) is 11.5 Å². The molecular weight excluding hydrogens is 290 g/mol. The molecule has 0 bridgehead atoms. The van der Waals surface area contributed by atoms with E-state index in [2.05, 4.69) is 5.32 Å². The highest BCUT2D eigenvalue weighted by molar-refractivity contribution is 7.90. The van der Waals surface area contributed by atoms with Crippen LogP contribution in [-0.4, -0.2) is 38.7 Å². The van der Waals surface area contributed by atoms with Gasteiger partial charge in [-0.3, -0.25) is 9.59 Å². The van der Waals surface area contributed by atoms with Crippen LogP contribution in [0.25, 0.3) is 0 Å². The summed E-state index contributed by atoms with van der Waals surface area (Å²) in [6.45, 7) is 1.43. The van der Waals surface area contributed by atoms with E-state index in [9.17, 15) is 18.0 Å². The van der Waals surface area contributed by atoms with Crippen LogP contribution in [0.4, 0.5) is 10.7 Å². The van der Waals surface area contributed by atoms with Gasteiger partial charge < -0.3 is 16.8 Å². The summed E-state index contributed by atoms with van der Waals surface area (Å²) in [7, 11) is -3.12. The van der Waals surface area contributed by atoms with E-state index in [1.54, 1.807) is 0 Å². The molecule has 19 heavy (non-hydrogen) atoms. The summed E-state index contributed by atoms with van der Waals surface area (Å²) in [6.07, 6.45) is 1.10. The Morgan fingerprint density at radius 3 is 2.37 bits per heavy atom. The summed E-state index contributed by atoms with van der Waals surface area (Å²) in [4.78, 5) is 22.9. The number of ketones is 1. The van der Waals surface area contributed by atoms with Crippen LogP contribution >= 0.6 is 11.3 Å². The zero-order valence-corrected chi connectivity index (χ0v) is 12.2. The van der Waals surface area contributed by atoms with Crippen molar-refractivity contribution >= 4 is 43.6 Å². The fourth-order valence-corrected chi connectivity index (χ4v) is 2.94. The second-order valence-electron chi connectivity index (χ2n) is 4.03. The van der Waals surface area contributed by atoms with Gasteiger partial charge in [0.1, 0.15) is 14.8 Å². The second kappa shape index (κ2) is 5.57. The summed E-state index contributed by atoms with van der Waals surface area (Å²) >= 11 is 0.992. The fourth-order valence-electron chi connectivity index (χ4n) is 1.42. The van der Waals surface area contributed by atoms with Crippen LogP contribution in [0.1, 0.15) is 27.0 Å². The van der Waals surface area contributed by atoms with Gasteiger partial charge in [0, 0.05) is 19.7 Å². The molecule has 0 saturated carbocycles. The van der Waals surface area contributed by atoms with Crippen molar-refractivity contribution in [2.24, 2.45) is 5.73 Å². The van der Waals surface area contributed by atoms with Crippen molar-refractivity contribution in [1.29, 1.82) is 0 Å². The largest absolute Gasteiger partial charge is 0.397 e. The zero-order valence-electron chi connectivity index (χ0n) is 10.5. The molecule has 1 aromatic rings. The SMILES string of the molecule is CC(=O)c1sc(NCCS(C)(=O)=O)c(C(N)=O)c1N. The van der Waals surface area contributed by atoms with Gasteiger partial charge in [0.2, 0.25) is 0 Å². The Kier molecular flexibility index (Phi) is 4.53. The average Bonchev–Trinajstić information content (AvgIpc) is 2.53. The highest BCUT2D eigenvalue weighted by Crippen LogP contribution is 2.35. The number of nitrogens with one attached hydrogen (secondary N) is 1. The maximum atomic E-state index is 11.3. The first-order valence-electron chi connectivity index (χ1n) is 5.28. The van der Waals surface area contributed by atoms with Crippen LogP contribution in [0.2, 0.25) is 0 Å². The molecule has 0 atom stereocenters. The van der Waals surface area contributed by atoms with Crippen LogP contribution in [-0.2, 0) is 9.84 Å². The Labute approximate surface area is 114 Å². The zero-order chi connectivity index (χ0) is 14.8. The topological polar surface area (TPSA) is 132 Å². The molecule has 9 heteroatoms. The molecule has 0 fully saturated rings. The van der Waals surface area contributed by atoms with E-state index in [1.807, 2.05) is 0 Å². The monoisotopic (exact) mass is 305 g/mol. The highest BCUT2D eigenvalue weighted by Gasteiger charge is 2.22. The van der Waals surface area contributed by atoms with Gasteiger partial charge in [0.05, 0.1) is 21.9 Å². The summed E-state index contributed by atoms with van der Waals surface area (Å²) < 4.78 is 22.0. The number of carbonyl (C=O) groups is 2. The van der Waals surface area contributed by atoms with Gasteiger partial charge in [-0.15, -0.1) is 11.3 Å². The van der Waals surface area contributed by atoms with E-state index in [1.165, 1.54) is 6.92 Å². The predicted molar refractivity (Wildman–Crippen MR) is 75.5 cm³/mol. The molecule has 0 radical (unpaired) electrons. The molecule has 5 N–H and O–H groups in total. The van der Waals surface area contributed by atoms with Gasteiger partial charge in [0.15, 0.2) is 5.78 Å². The molecule has 106 valence electrons. The number of nitrogen functional groups attached to an aromatic ring is 1. The number of hydrogen-bond donors (Lipinski definition) is 3. The number of nitrogens with two attached hydrogens (primary N) is 2. The number of sulfone groups is 1. The van der Waals surface area contributed by atoms with E-state index in [0.29, 0.717) is 5.00 Å². The van der Waals surface area contributed by atoms with Gasteiger partial charge in [-0.25, -0.2) is 8.42 Å². The first-order chi connectivity index (χ1) is 8.63. The van der Waals surface area contributed by atoms with Crippen molar-refractivity contribution in [3.8, 4) is 0 Å². The standard InChI is InChI=1S/C10H15N3O4S2/c1-5(14)8-7(11)6(9(12)15)10(18-8)13-3-4-19(2,16)17/h13H,3-4,11H2,1-2H3,(H2,12,15). The Balaban J connectivity index is 3.03. The van der Waals surface area contributed by atoms with Crippen LogP contribution in [0.3, 0.4) is 0 Å². The number of primary amides is 1. The summed E-state index contributed by atoms with van der Waals surface area (Å²) in [5.41, 5.74) is 11.0. The first kappa shape index (κ1) is 15.4. The minimum absolute atomic E-state index is 0.0312. The molecular formula is C10H15N3O4S2. The van der Waals surface area contributed by atoms with Crippen LogP contribution in [0.15, 0.2) is 0 Å². The van der Waals surface area contributed by atoms with Crippen molar-refractivity contribution in [1.82, 2.24) is 0 Å². The van der Waals surface area contributed by atoms with E-state index in [-0.39, 0.29) is 34.2 Å². The average molecular weight is 305 g/mol. The third kappa shape index (κ3) is 3.93. The molecule has 7 nitrogen and oxygen atoms in total. The van der Waals surface area contributed by atoms with Crippen LogP contribution < -0.4 is 16.8 Å². The van der Waals surface area contributed by atoms with Crippen molar-refractivity contribution in [2.45, 2.75) is 6.92 Å². The van der Waals surface area contributed by atoms with E-state index < -0.39 is 15.7 Å². The predicted octanol–water partition coefficient (Wildman–Crippen LogP) is 0.0883. The third-order valence-corrected chi connectivity index (χ3v) is 4.48. The molecule has 1 amide bonds. The smallest absolute Gasteiger partial charge is 0.253 e. The van der Waals surface area contributed by atoms with Crippen molar-refractivity contribution in [2.75, 3.05) is 29.6 Å². The quantitative estimate of drug-likeness (QED) is 0.638. The molecule has 1 heterocycles. The lowest BCUT2D eigenvalue weighted by atomic mass is 10.2. The maximum absolute atomic E-state index is 11.3. The lowest BCUT2D eigenvalue weighted by molar-refractivity contribution is 0.100. The lowest BCUT2D eigenvalue weighted by Gasteiger charge is -2.04. The number of thiophene rings is 1.